The normalized spacial score (nSPS) is 18.6. The van der Waals surface area contributed by atoms with Crippen LogP contribution in [0.3, 0.4) is 0 Å². The van der Waals surface area contributed by atoms with Crippen molar-refractivity contribution in [1.29, 1.82) is 0 Å². The molecule has 0 saturated carbocycles. The number of carbonyl (C=O) groups is 1. The predicted molar refractivity (Wildman–Crippen MR) is 97.6 cm³/mol. The predicted octanol–water partition coefficient (Wildman–Crippen LogP) is 3.63. The van der Waals surface area contributed by atoms with Gasteiger partial charge in [-0.25, -0.2) is 0 Å². The molecular formula is C21H25N2O2+. The van der Waals surface area contributed by atoms with Crippen molar-refractivity contribution in [2.24, 2.45) is 0 Å². The first-order valence-corrected chi connectivity index (χ1v) is 9.13. The molecule has 0 bridgehead atoms. The number of quaternary nitrogens is 1. The highest BCUT2D eigenvalue weighted by atomic mass is 16.5. The fourth-order valence-electron chi connectivity index (χ4n) is 4.05. The minimum atomic E-state index is -0.148. The summed E-state index contributed by atoms with van der Waals surface area (Å²) in [5.74, 6) is 1.76. The van der Waals surface area contributed by atoms with Crippen LogP contribution in [0.1, 0.15) is 36.4 Å². The molecule has 0 spiro atoms. The lowest BCUT2D eigenvalue weighted by Gasteiger charge is -2.37. The van der Waals surface area contributed by atoms with Gasteiger partial charge in [-0.1, -0.05) is 36.4 Å². The van der Waals surface area contributed by atoms with Gasteiger partial charge in [0.25, 0.3) is 5.91 Å². The molecule has 4 heteroatoms. The van der Waals surface area contributed by atoms with Crippen molar-refractivity contribution in [1.82, 2.24) is 5.32 Å². The van der Waals surface area contributed by atoms with Crippen molar-refractivity contribution in [3.05, 3.63) is 59.7 Å². The summed E-state index contributed by atoms with van der Waals surface area (Å²) in [7, 11) is 2.20. The van der Waals surface area contributed by atoms with E-state index in [1.807, 2.05) is 48.5 Å². The zero-order valence-corrected chi connectivity index (χ0v) is 14.7. The Hall–Kier alpha value is -2.33. The Kier molecular flexibility index (Phi) is 4.22. The van der Waals surface area contributed by atoms with Gasteiger partial charge in [0, 0.05) is 11.1 Å². The second-order valence-electron chi connectivity index (χ2n) is 7.46. The van der Waals surface area contributed by atoms with Crippen molar-refractivity contribution >= 4 is 5.91 Å². The van der Waals surface area contributed by atoms with E-state index in [9.17, 15) is 4.79 Å². The van der Waals surface area contributed by atoms with E-state index in [2.05, 4.69) is 12.4 Å². The van der Waals surface area contributed by atoms with Gasteiger partial charge in [0.15, 0.2) is 6.54 Å². The molecule has 4 nitrogen and oxygen atoms in total. The Morgan fingerprint density at radius 1 is 1.00 bits per heavy atom. The van der Waals surface area contributed by atoms with Gasteiger partial charge < -0.3 is 14.5 Å². The highest BCUT2D eigenvalue weighted by Crippen LogP contribution is 2.42. The van der Waals surface area contributed by atoms with Gasteiger partial charge in [-0.2, -0.15) is 0 Å². The number of hydrogen-bond acceptors (Lipinski definition) is 2. The van der Waals surface area contributed by atoms with E-state index in [1.54, 1.807) is 0 Å². The van der Waals surface area contributed by atoms with Crippen LogP contribution < -0.4 is 10.1 Å². The van der Waals surface area contributed by atoms with Crippen LogP contribution in [0.15, 0.2) is 48.5 Å². The highest BCUT2D eigenvalue weighted by molar-refractivity contribution is 5.78. The lowest BCUT2D eigenvalue weighted by molar-refractivity contribution is -0.906. The summed E-state index contributed by atoms with van der Waals surface area (Å²) in [6.45, 7) is 2.73. The number of hydrogen-bond donors (Lipinski definition) is 1. The van der Waals surface area contributed by atoms with E-state index in [4.69, 9.17) is 4.74 Å². The van der Waals surface area contributed by atoms with Crippen LogP contribution in [-0.2, 0) is 4.79 Å². The fourth-order valence-corrected chi connectivity index (χ4v) is 4.05. The monoisotopic (exact) mass is 337 g/mol. The second-order valence-corrected chi connectivity index (χ2v) is 7.46. The van der Waals surface area contributed by atoms with Gasteiger partial charge >= 0.3 is 0 Å². The molecule has 2 aromatic carbocycles. The molecule has 2 heterocycles. The van der Waals surface area contributed by atoms with E-state index in [0.29, 0.717) is 6.54 Å². The molecule has 2 aliphatic heterocycles. The Morgan fingerprint density at radius 3 is 2.16 bits per heavy atom. The molecule has 1 amide bonds. The zero-order chi connectivity index (χ0) is 17.3. The Labute approximate surface area is 149 Å². The van der Waals surface area contributed by atoms with E-state index < -0.39 is 0 Å². The molecule has 0 atom stereocenters. The lowest BCUT2D eigenvalue weighted by atomic mass is 9.94. The van der Waals surface area contributed by atoms with Crippen molar-refractivity contribution in [2.45, 2.75) is 25.3 Å². The number of rotatable bonds is 3. The highest BCUT2D eigenvalue weighted by Gasteiger charge is 2.32. The number of benzene rings is 2. The summed E-state index contributed by atoms with van der Waals surface area (Å²) in [4.78, 5) is 12.8. The van der Waals surface area contributed by atoms with Crippen molar-refractivity contribution in [2.75, 3.05) is 26.7 Å². The smallest absolute Gasteiger partial charge is 0.276 e. The van der Waals surface area contributed by atoms with Crippen LogP contribution in [0.2, 0.25) is 0 Å². The maximum absolute atomic E-state index is 12.8. The van der Waals surface area contributed by atoms with Crippen LogP contribution >= 0.6 is 0 Å². The Balaban J connectivity index is 1.58. The molecule has 1 fully saturated rings. The summed E-state index contributed by atoms with van der Waals surface area (Å²) < 4.78 is 6.85. The third-order valence-corrected chi connectivity index (χ3v) is 5.41. The summed E-state index contributed by atoms with van der Waals surface area (Å²) >= 11 is 0. The molecule has 1 saturated heterocycles. The summed E-state index contributed by atoms with van der Waals surface area (Å²) in [6, 6.07) is 15.8. The lowest BCUT2D eigenvalue weighted by Crippen LogP contribution is -2.53. The number of piperidine rings is 1. The summed E-state index contributed by atoms with van der Waals surface area (Å²) in [5, 5.41) is 3.27. The molecular weight excluding hydrogens is 312 g/mol. The number of para-hydroxylation sites is 2. The topological polar surface area (TPSA) is 38.3 Å². The number of nitrogens with one attached hydrogen (secondary N) is 1. The molecule has 1 N–H and O–H groups in total. The average molecular weight is 337 g/mol. The van der Waals surface area contributed by atoms with Gasteiger partial charge in [0.05, 0.1) is 26.2 Å². The Bertz CT molecular complexity index is 735. The molecule has 2 aromatic rings. The first-order chi connectivity index (χ1) is 12.1. The van der Waals surface area contributed by atoms with Gasteiger partial charge in [-0.3, -0.25) is 4.79 Å². The first-order valence-electron chi connectivity index (χ1n) is 9.13. The largest absolute Gasteiger partial charge is 0.457 e. The summed E-state index contributed by atoms with van der Waals surface area (Å²) in [5.41, 5.74) is 2.05. The maximum Gasteiger partial charge on any atom is 0.276 e. The quantitative estimate of drug-likeness (QED) is 0.869. The van der Waals surface area contributed by atoms with Crippen LogP contribution in [0.25, 0.3) is 0 Å². The molecule has 0 unspecified atom stereocenters. The zero-order valence-electron chi connectivity index (χ0n) is 14.7. The van der Waals surface area contributed by atoms with E-state index in [-0.39, 0.29) is 11.9 Å². The SMILES string of the molecule is C[N+]1(CC(=O)NC2c3ccccc3Oc3ccccc32)CCCCC1. The fraction of sp³-hybridized carbons (Fsp3) is 0.381. The number of ether oxygens (including phenoxy) is 1. The molecule has 0 aliphatic carbocycles. The van der Waals surface area contributed by atoms with Crippen LogP contribution in [0.4, 0.5) is 0 Å². The number of likely N-dealkylation sites (N-methyl/N-ethyl adjacent to an activating group) is 1. The minimum Gasteiger partial charge on any atom is -0.457 e. The van der Waals surface area contributed by atoms with E-state index in [1.165, 1.54) is 19.3 Å². The van der Waals surface area contributed by atoms with E-state index >= 15 is 0 Å². The molecule has 0 radical (unpaired) electrons. The molecule has 130 valence electrons. The van der Waals surface area contributed by atoms with Crippen molar-refractivity contribution < 1.29 is 14.0 Å². The number of likely N-dealkylation sites (tertiary alicyclic amines) is 1. The molecule has 2 aliphatic rings. The second kappa shape index (κ2) is 6.52. The first kappa shape index (κ1) is 16.2. The maximum atomic E-state index is 12.8. The number of amides is 1. The Morgan fingerprint density at radius 2 is 1.56 bits per heavy atom. The van der Waals surface area contributed by atoms with Crippen LogP contribution in [0, 0.1) is 0 Å². The molecule has 25 heavy (non-hydrogen) atoms. The van der Waals surface area contributed by atoms with Crippen molar-refractivity contribution in [3.8, 4) is 11.5 Å². The average Bonchev–Trinajstić information content (AvgIpc) is 2.61. The number of nitrogens with zero attached hydrogens (tertiary/aromatic N) is 1. The summed E-state index contributed by atoms with van der Waals surface area (Å²) in [6.07, 6.45) is 3.72. The van der Waals surface area contributed by atoms with Gasteiger partial charge in [-0.15, -0.1) is 0 Å². The van der Waals surface area contributed by atoms with Gasteiger partial charge in [0.2, 0.25) is 0 Å². The molecule has 0 aromatic heterocycles. The van der Waals surface area contributed by atoms with Gasteiger partial charge in [0.1, 0.15) is 11.5 Å². The number of fused-ring (bicyclic) bond motifs is 2. The number of carbonyl (C=O) groups excluding carboxylic acids is 1. The van der Waals surface area contributed by atoms with Crippen LogP contribution in [0.5, 0.6) is 11.5 Å². The minimum absolute atomic E-state index is 0.112. The third kappa shape index (κ3) is 3.27. The standard InChI is InChI=1S/C21H24N2O2/c1-23(13-7-2-8-14-23)15-20(24)22-21-16-9-3-5-11-18(16)25-19-12-6-4-10-17(19)21/h3-6,9-12,21H,2,7-8,13-15H2,1H3/p+1. The van der Waals surface area contributed by atoms with Crippen LogP contribution in [-0.4, -0.2) is 37.1 Å². The third-order valence-electron chi connectivity index (χ3n) is 5.41. The van der Waals surface area contributed by atoms with Gasteiger partial charge in [-0.05, 0) is 31.4 Å². The van der Waals surface area contributed by atoms with E-state index in [0.717, 1.165) is 40.2 Å². The molecule has 4 rings (SSSR count). The van der Waals surface area contributed by atoms with Crippen molar-refractivity contribution in [3.63, 3.8) is 0 Å².